The van der Waals surface area contributed by atoms with Gasteiger partial charge in [0.05, 0.1) is 12.4 Å². The van der Waals surface area contributed by atoms with Crippen molar-refractivity contribution in [1.82, 2.24) is 15.5 Å². The SMILES string of the molecule is C=C(NCc1ccc(OCC(C)C)cc1)N(Cc1ccc(F)cc1)[C@@H]1CCCNCC1. The molecule has 2 aromatic rings. The molecule has 168 valence electrons. The van der Waals surface area contributed by atoms with Crippen molar-refractivity contribution in [3.63, 3.8) is 0 Å². The van der Waals surface area contributed by atoms with Crippen LogP contribution in [0.5, 0.6) is 5.75 Å². The van der Waals surface area contributed by atoms with E-state index in [1.165, 1.54) is 17.7 Å². The lowest BCUT2D eigenvalue weighted by Gasteiger charge is -2.35. The van der Waals surface area contributed by atoms with Crippen LogP contribution in [0.2, 0.25) is 0 Å². The molecule has 1 aliphatic rings. The number of hydrogen-bond donors (Lipinski definition) is 2. The summed E-state index contributed by atoms with van der Waals surface area (Å²) in [5.74, 6) is 2.12. The first-order valence-corrected chi connectivity index (χ1v) is 11.4. The van der Waals surface area contributed by atoms with Crippen molar-refractivity contribution in [1.29, 1.82) is 0 Å². The molecule has 0 spiro atoms. The maximum absolute atomic E-state index is 13.4. The average Bonchev–Trinajstić information content (AvgIpc) is 3.06. The van der Waals surface area contributed by atoms with Gasteiger partial charge < -0.3 is 20.3 Å². The highest BCUT2D eigenvalue weighted by Gasteiger charge is 2.21. The summed E-state index contributed by atoms with van der Waals surface area (Å²) in [5, 5.41) is 7.00. The Morgan fingerprint density at radius 1 is 1.10 bits per heavy atom. The Kier molecular flexibility index (Phi) is 8.77. The van der Waals surface area contributed by atoms with E-state index in [1.54, 1.807) is 0 Å². The molecule has 0 aliphatic carbocycles. The van der Waals surface area contributed by atoms with Crippen LogP contribution >= 0.6 is 0 Å². The first kappa shape index (κ1) is 23.1. The van der Waals surface area contributed by atoms with Crippen LogP contribution in [-0.2, 0) is 13.1 Å². The van der Waals surface area contributed by atoms with Crippen molar-refractivity contribution in [2.45, 2.75) is 52.2 Å². The van der Waals surface area contributed by atoms with E-state index >= 15 is 0 Å². The summed E-state index contributed by atoms with van der Waals surface area (Å²) >= 11 is 0. The Bertz CT molecular complexity index is 796. The van der Waals surface area contributed by atoms with Gasteiger partial charge in [-0.3, -0.25) is 0 Å². The smallest absolute Gasteiger partial charge is 0.123 e. The largest absolute Gasteiger partial charge is 0.493 e. The molecule has 2 N–H and O–H groups in total. The molecule has 0 saturated carbocycles. The lowest BCUT2D eigenvalue weighted by Crippen LogP contribution is -2.39. The second-order valence-corrected chi connectivity index (χ2v) is 8.74. The van der Waals surface area contributed by atoms with E-state index in [4.69, 9.17) is 4.74 Å². The summed E-state index contributed by atoms with van der Waals surface area (Å²) in [6.45, 7) is 12.9. The maximum Gasteiger partial charge on any atom is 0.123 e. The third kappa shape index (κ3) is 7.59. The van der Waals surface area contributed by atoms with Crippen molar-refractivity contribution < 1.29 is 9.13 Å². The molecule has 0 radical (unpaired) electrons. The molecular formula is C26H36FN3O. The fourth-order valence-corrected chi connectivity index (χ4v) is 3.82. The number of nitrogens with zero attached hydrogens (tertiary/aromatic N) is 1. The molecule has 1 aliphatic heterocycles. The lowest BCUT2D eigenvalue weighted by molar-refractivity contribution is 0.211. The number of nitrogens with one attached hydrogen (secondary N) is 2. The van der Waals surface area contributed by atoms with Crippen LogP contribution in [0.25, 0.3) is 0 Å². The van der Waals surface area contributed by atoms with E-state index in [-0.39, 0.29) is 5.82 Å². The van der Waals surface area contributed by atoms with E-state index < -0.39 is 0 Å². The van der Waals surface area contributed by atoms with Crippen LogP contribution in [0, 0.1) is 11.7 Å². The third-order valence-corrected chi connectivity index (χ3v) is 5.60. The molecule has 3 rings (SSSR count). The highest BCUT2D eigenvalue weighted by molar-refractivity contribution is 5.27. The monoisotopic (exact) mass is 425 g/mol. The second-order valence-electron chi connectivity index (χ2n) is 8.74. The summed E-state index contributed by atoms with van der Waals surface area (Å²) in [4.78, 5) is 2.35. The lowest BCUT2D eigenvalue weighted by atomic mass is 10.1. The maximum atomic E-state index is 13.4. The Balaban J connectivity index is 1.62. The van der Waals surface area contributed by atoms with Crippen LogP contribution < -0.4 is 15.4 Å². The standard InChI is InChI=1S/C26H36FN3O/c1-20(2)19-31-26-12-8-22(9-13-26)17-29-21(3)30(25-5-4-15-28-16-14-25)18-23-6-10-24(27)11-7-23/h6-13,20,25,28-29H,3-5,14-19H2,1-2H3/t25-/m1/s1. The van der Waals surface area contributed by atoms with Crippen molar-refractivity contribution in [3.8, 4) is 5.75 Å². The van der Waals surface area contributed by atoms with E-state index in [0.717, 1.165) is 62.6 Å². The summed E-state index contributed by atoms with van der Waals surface area (Å²) in [6, 6.07) is 15.4. The fraction of sp³-hybridized carbons (Fsp3) is 0.462. The van der Waals surface area contributed by atoms with E-state index in [9.17, 15) is 4.39 Å². The summed E-state index contributed by atoms with van der Waals surface area (Å²) in [7, 11) is 0. The summed E-state index contributed by atoms with van der Waals surface area (Å²) < 4.78 is 19.1. The van der Waals surface area contributed by atoms with Crippen LogP contribution in [0.3, 0.4) is 0 Å². The molecule has 0 bridgehead atoms. The molecule has 31 heavy (non-hydrogen) atoms. The van der Waals surface area contributed by atoms with Crippen LogP contribution in [0.1, 0.15) is 44.2 Å². The van der Waals surface area contributed by atoms with Crippen LogP contribution in [0.4, 0.5) is 4.39 Å². The van der Waals surface area contributed by atoms with Crippen LogP contribution in [-0.4, -0.2) is 30.6 Å². The van der Waals surface area contributed by atoms with Gasteiger partial charge in [0.1, 0.15) is 11.6 Å². The number of benzene rings is 2. The van der Waals surface area contributed by atoms with Gasteiger partial charge in [0.25, 0.3) is 0 Å². The minimum Gasteiger partial charge on any atom is -0.493 e. The number of hydrogen-bond acceptors (Lipinski definition) is 4. The Morgan fingerprint density at radius 2 is 1.81 bits per heavy atom. The molecule has 1 fully saturated rings. The second kappa shape index (κ2) is 11.8. The molecule has 1 atom stereocenters. The Hall–Kier alpha value is -2.53. The topological polar surface area (TPSA) is 36.5 Å². The zero-order chi connectivity index (χ0) is 22.1. The molecule has 4 nitrogen and oxygen atoms in total. The van der Waals surface area contributed by atoms with Crippen molar-refractivity contribution in [2.24, 2.45) is 5.92 Å². The quantitative estimate of drug-likeness (QED) is 0.558. The summed E-state index contributed by atoms with van der Waals surface area (Å²) in [6.07, 6.45) is 3.34. The third-order valence-electron chi connectivity index (χ3n) is 5.60. The van der Waals surface area contributed by atoms with Gasteiger partial charge in [0, 0.05) is 19.1 Å². The zero-order valence-electron chi connectivity index (χ0n) is 18.9. The molecule has 1 saturated heterocycles. The van der Waals surface area contributed by atoms with Gasteiger partial charge in [-0.1, -0.05) is 44.7 Å². The van der Waals surface area contributed by atoms with E-state index in [2.05, 4.69) is 48.1 Å². The van der Waals surface area contributed by atoms with Gasteiger partial charge in [-0.15, -0.1) is 0 Å². The normalized spacial score (nSPS) is 16.6. The highest BCUT2D eigenvalue weighted by Crippen LogP contribution is 2.21. The van der Waals surface area contributed by atoms with Gasteiger partial charge in [-0.05, 0) is 73.7 Å². The number of ether oxygens (including phenoxy) is 1. The van der Waals surface area contributed by atoms with Crippen LogP contribution in [0.15, 0.2) is 60.9 Å². The minimum atomic E-state index is -0.202. The fourth-order valence-electron chi connectivity index (χ4n) is 3.82. The molecular weight excluding hydrogens is 389 g/mol. The number of rotatable bonds is 10. The first-order chi connectivity index (χ1) is 15.0. The van der Waals surface area contributed by atoms with Gasteiger partial charge in [-0.25, -0.2) is 4.39 Å². The number of halogens is 1. The van der Waals surface area contributed by atoms with Gasteiger partial charge in [-0.2, -0.15) is 0 Å². The average molecular weight is 426 g/mol. The predicted octanol–water partition coefficient (Wildman–Crippen LogP) is 5.07. The van der Waals surface area contributed by atoms with E-state index in [0.29, 0.717) is 18.5 Å². The predicted molar refractivity (Wildman–Crippen MR) is 125 cm³/mol. The van der Waals surface area contributed by atoms with Gasteiger partial charge >= 0.3 is 0 Å². The van der Waals surface area contributed by atoms with Gasteiger partial charge in [0.2, 0.25) is 0 Å². The Morgan fingerprint density at radius 3 is 2.52 bits per heavy atom. The van der Waals surface area contributed by atoms with Crippen molar-refractivity contribution in [3.05, 3.63) is 77.9 Å². The van der Waals surface area contributed by atoms with E-state index in [1.807, 2.05) is 24.3 Å². The summed E-state index contributed by atoms with van der Waals surface area (Å²) in [5.41, 5.74) is 2.27. The molecule has 0 unspecified atom stereocenters. The molecule has 0 amide bonds. The zero-order valence-corrected chi connectivity index (χ0v) is 18.9. The van der Waals surface area contributed by atoms with Crippen molar-refractivity contribution >= 4 is 0 Å². The molecule has 1 heterocycles. The minimum absolute atomic E-state index is 0.202. The van der Waals surface area contributed by atoms with Crippen molar-refractivity contribution in [2.75, 3.05) is 19.7 Å². The highest BCUT2D eigenvalue weighted by atomic mass is 19.1. The first-order valence-electron chi connectivity index (χ1n) is 11.4. The van der Waals surface area contributed by atoms with Gasteiger partial charge in [0.15, 0.2) is 0 Å². The Labute approximate surface area is 186 Å². The molecule has 5 heteroatoms. The molecule has 2 aromatic carbocycles. The molecule has 0 aromatic heterocycles.